The summed E-state index contributed by atoms with van der Waals surface area (Å²) in [6, 6.07) is 15.2. The molecule has 0 saturated heterocycles. The van der Waals surface area contributed by atoms with Crippen LogP contribution in [0.15, 0.2) is 71.8 Å². The number of hydrogen-bond donors (Lipinski definition) is 1. The molecule has 0 amide bonds. The maximum absolute atomic E-state index is 14.1. The van der Waals surface area contributed by atoms with E-state index < -0.39 is 34.8 Å². The van der Waals surface area contributed by atoms with Gasteiger partial charge in [0.15, 0.2) is 6.61 Å². The van der Waals surface area contributed by atoms with Gasteiger partial charge in [-0.15, -0.1) is 0 Å². The van der Waals surface area contributed by atoms with Gasteiger partial charge in [-0.2, -0.15) is 8.78 Å². The summed E-state index contributed by atoms with van der Waals surface area (Å²) in [6.45, 7) is 2.90. The van der Waals surface area contributed by atoms with E-state index in [0.717, 1.165) is 15.1 Å². The van der Waals surface area contributed by atoms with Gasteiger partial charge in [0.25, 0.3) is 10.0 Å². The van der Waals surface area contributed by atoms with Gasteiger partial charge in [0, 0.05) is 18.1 Å². The molecule has 0 atom stereocenters. The Bertz CT molecular complexity index is 1570. The average Bonchev–Trinajstić information content (AvgIpc) is 3.23. The van der Waals surface area contributed by atoms with Gasteiger partial charge in [-0.1, -0.05) is 18.2 Å². The molecule has 3 aromatic carbocycles. The van der Waals surface area contributed by atoms with E-state index in [1.54, 1.807) is 44.2 Å². The number of fused-ring (bicyclic) bond motifs is 1. The number of ether oxygens (including phenoxy) is 1. The maximum Gasteiger partial charge on any atom is 0.340 e. The highest BCUT2D eigenvalue weighted by atomic mass is 32.2. The Labute approximate surface area is 223 Å². The van der Waals surface area contributed by atoms with E-state index in [0.29, 0.717) is 36.0 Å². The Balaban J connectivity index is 1.48. The minimum Gasteiger partial charge on any atom is -0.487 e. The molecule has 0 fully saturated rings. The van der Waals surface area contributed by atoms with Crippen LogP contribution < -0.4 is 10.1 Å². The molecule has 0 radical (unpaired) electrons. The number of nitrogens with one attached hydrogen (secondary N) is 1. The van der Waals surface area contributed by atoms with E-state index in [1.807, 2.05) is 6.07 Å². The van der Waals surface area contributed by atoms with Crippen LogP contribution in [0.25, 0.3) is 10.9 Å². The minimum atomic E-state index is -4.25. The van der Waals surface area contributed by atoms with Crippen molar-refractivity contribution in [2.45, 2.75) is 44.1 Å². The highest BCUT2D eigenvalue weighted by Gasteiger charge is 2.41. The first-order chi connectivity index (χ1) is 18.4. The summed E-state index contributed by atoms with van der Waals surface area (Å²) >= 11 is 0. The molecule has 0 bridgehead atoms. The molecular formula is C28H27F5N2O3S. The zero-order valence-electron chi connectivity index (χ0n) is 21.2. The lowest BCUT2D eigenvalue weighted by Gasteiger charge is -2.16. The number of aromatic nitrogens is 1. The van der Waals surface area contributed by atoms with Crippen molar-refractivity contribution in [1.82, 2.24) is 9.29 Å². The van der Waals surface area contributed by atoms with Gasteiger partial charge in [-0.05, 0) is 91.5 Å². The standard InChI is InChI=1S/C28H27F5N2O3S/c1-18-10-19(2)12-24(11-18)39(36,37)35-16-21(25-7-6-22(29)14-26(25)35)8-9-34-15-20-4-3-5-23(13-20)38-17-28(32,33)27(30)31/h3-7,10-14,16,27,34H,8-9,15,17H2,1-2H3. The zero-order valence-corrected chi connectivity index (χ0v) is 22.0. The van der Waals surface area contributed by atoms with Gasteiger partial charge >= 0.3 is 12.3 Å². The van der Waals surface area contributed by atoms with Gasteiger partial charge in [-0.3, -0.25) is 0 Å². The summed E-state index contributed by atoms with van der Waals surface area (Å²) in [5.74, 6) is -4.77. The van der Waals surface area contributed by atoms with Crippen LogP contribution in [0.2, 0.25) is 0 Å². The van der Waals surface area contributed by atoms with Gasteiger partial charge in [-0.25, -0.2) is 25.6 Å². The lowest BCUT2D eigenvalue weighted by Crippen LogP contribution is -2.33. The third-order valence-electron chi connectivity index (χ3n) is 6.12. The highest BCUT2D eigenvalue weighted by Crippen LogP contribution is 2.28. The fraction of sp³-hybridized carbons (Fsp3) is 0.286. The quantitative estimate of drug-likeness (QED) is 0.172. The van der Waals surface area contributed by atoms with E-state index in [4.69, 9.17) is 4.74 Å². The van der Waals surface area contributed by atoms with Gasteiger partial charge in [0.1, 0.15) is 11.6 Å². The number of benzene rings is 3. The van der Waals surface area contributed by atoms with Gasteiger partial charge < -0.3 is 10.1 Å². The van der Waals surface area contributed by atoms with E-state index >= 15 is 0 Å². The first-order valence-corrected chi connectivity index (χ1v) is 13.5. The molecule has 0 aliphatic carbocycles. The van der Waals surface area contributed by atoms with Crippen molar-refractivity contribution in [2.24, 2.45) is 0 Å². The third kappa shape index (κ3) is 6.59. The first kappa shape index (κ1) is 28.6. The molecule has 0 aliphatic heterocycles. The number of rotatable bonds is 11. The van der Waals surface area contributed by atoms with Crippen molar-refractivity contribution in [3.05, 3.63) is 94.9 Å². The summed E-state index contributed by atoms with van der Waals surface area (Å²) in [5, 5.41) is 3.78. The normalized spacial score (nSPS) is 12.4. The van der Waals surface area contributed by atoms with Crippen LogP contribution in [0, 0.1) is 19.7 Å². The SMILES string of the molecule is Cc1cc(C)cc(S(=O)(=O)n2cc(CCNCc3cccc(OCC(F)(F)C(F)F)c3)c3ccc(F)cc32)c1. The fourth-order valence-corrected chi connectivity index (χ4v) is 5.85. The van der Waals surface area contributed by atoms with Crippen molar-refractivity contribution >= 4 is 20.9 Å². The van der Waals surface area contributed by atoms with Crippen molar-refractivity contribution in [2.75, 3.05) is 13.2 Å². The van der Waals surface area contributed by atoms with E-state index in [1.165, 1.54) is 30.5 Å². The van der Waals surface area contributed by atoms with Crippen LogP contribution in [0.4, 0.5) is 22.0 Å². The predicted octanol–water partition coefficient (Wildman–Crippen LogP) is 6.25. The molecule has 0 unspecified atom stereocenters. The Kier molecular flexibility index (Phi) is 8.31. The molecule has 5 nitrogen and oxygen atoms in total. The molecule has 0 spiro atoms. The van der Waals surface area contributed by atoms with Crippen LogP contribution in [0.1, 0.15) is 22.3 Å². The second-order valence-corrected chi connectivity index (χ2v) is 11.2. The number of halogens is 5. The smallest absolute Gasteiger partial charge is 0.340 e. The molecule has 208 valence electrons. The second-order valence-electron chi connectivity index (χ2n) is 9.36. The molecule has 1 heterocycles. The van der Waals surface area contributed by atoms with Crippen LogP contribution in [0.5, 0.6) is 5.75 Å². The number of alkyl halides is 4. The van der Waals surface area contributed by atoms with E-state index in [-0.39, 0.29) is 16.2 Å². The lowest BCUT2D eigenvalue weighted by atomic mass is 10.1. The Hall–Kier alpha value is -3.44. The third-order valence-corrected chi connectivity index (χ3v) is 7.77. The van der Waals surface area contributed by atoms with Crippen molar-refractivity contribution in [1.29, 1.82) is 0 Å². The monoisotopic (exact) mass is 566 g/mol. The number of hydrogen-bond acceptors (Lipinski definition) is 4. The average molecular weight is 567 g/mol. The van der Waals surface area contributed by atoms with Crippen LogP contribution in [-0.2, 0) is 23.0 Å². The summed E-state index contributed by atoms with van der Waals surface area (Å²) in [4.78, 5) is 0.110. The highest BCUT2D eigenvalue weighted by molar-refractivity contribution is 7.90. The van der Waals surface area contributed by atoms with Crippen molar-refractivity contribution in [3.63, 3.8) is 0 Å². The van der Waals surface area contributed by atoms with Crippen molar-refractivity contribution in [3.8, 4) is 5.75 Å². The zero-order chi connectivity index (χ0) is 28.4. The van der Waals surface area contributed by atoms with E-state index in [2.05, 4.69) is 5.32 Å². The maximum atomic E-state index is 14.1. The molecule has 1 aromatic heterocycles. The number of aryl methyl sites for hydroxylation is 2. The summed E-state index contributed by atoms with van der Waals surface area (Å²) in [6.07, 6.45) is -1.91. The minimum absolute atomic E-state index is 0.0383. The molecular weight excluding hydrogens is 539 g/mol. The predicted molar refractivity (Wildman–Crippen MR) is 139 cm³/mol. The lowest BCUT2D eigenvalue weighted by molar-refractivity contribution is -0.148. The molecule has 0 aliphatic rings. The molecule has 4 rings (SSSR count). The van der Waals surface area contributed by atoms with Crippen molar-refractivity contribution < 1.29 is 35.1 Å². The fourth-order valence-electron chi connectivity index (χ4n) is 4.28. The van der Waals surface area contributed by atoms with Gasteiger partial charge in [0.2, 0.25) is 0 Å². The van der Waals surface area contributed by atoms with Crippen LogP contribution >= 0.6 is 0 Å². The molecule has 1 N–H and O–H groups in total. The summed E-state index contributed by atoms with van der Waals surface area (Å²) in [7, 11) is -3.99. The molecule has 11 heteroatoms. The summed E-state index contributed by atoms with van der Waals surface area (Å²) in [5.41, 5.74) is 3.18. The largest absolute Gasteiger partial charge is 0.487 e. The molecule has 4 aromatic rings. The Morgan fingerprint density at radius 1 is 1.00 bits per heavy atom. The molecule has 0 saturated carbocycles. The summed E-state index contributed by atoms with van der Waals surface area (Å²) < 4.78 is 98.0. The topological polar surface area (TPSA) is 60.3 Å². The Morgan fingerprint density at radius 3 is 2.41 bits per heavy atom. The van der Waals surface area contributed by atoms with Gasteiger partial charge in [0.05, 0.1) is 10.4 Å². The molecule has 39 heavy (non-hydrogen) atoms. The van der Waals surface area contributed by atoms with Crippen LogP contribution in [0.3, 0.4) is 0 Å². The number of nitrogens with zero attached hydrogens (tertiary/aromatic N) is 1. The van der Waals surface area contributed by atoms with Crippen LogP contribution in [-0.4, -0.2) is 37.9 Å². The van der Waals surface area contributed by atoms with E-state index in [9.17, 15) is 30.4 Å². The Morgan fingerprint density at radius 2 is 1.72 bits per heavy atom. The first-order valence-electron chi connectivity index (χ1n) is 12.1. The second kappa shape index (κ2) is 11.4.